The minimum absolute atomic E-state index is 0.189. The normalized spacial score (nSPS) is 22.5. The molecular formula is C12H14F2N2O3. The Morgan fingerprint density at radius 1 is 1.53 bits per heavy atom. The van der Waals surface area contributed by atoms with Crippen LogP contribution in [0.4, 0.5) is 20.2 Å². The van der Waals surface area contributed by atoms with Gasteiger partial charge in [0.05, 0.1) is 10.5 Å². The molecular weight excluding hydrogens is 258 g/mol. The van der Waals surface area contributed by atoms with Crippen LogP contribution in [0, 0.1) is 21.7 Å². The van der Waals surface area contributed by atoms with Crippen molar-refractivity contribution >= 4 is 11.4 Å². The molecule has 0 radical (unpaired) electrons. The van der Waals surface area contributed by atoms with E-state index >= 15 is 0 Å². The molecule has 1 heterocycles. The average Bonchev–Trinajstić information content (AvgIpc) is 2.78. The lowest BCUT2D eigenvalue weighted by atomic mass is 10.0. The molecule has 0 aromatic heterocycles. The second-order valence-corrected chi connectivity index (χ2v) is 4.77. The zero-order valence-electron chi connectivity index (χ0n) is 10.4. The minimum atomic E-state index is -1.24. The third-order valence-corrected chi connectivity index (χ3v) is 3.21. The lowest BCUT2D eigenvalue weighted by Gasteiger charge is -2.24. The number of halogens is 2. The van der Waals surface area contributed by atoms with E-state index in [0.29, 0.717) is 6.61 Å². The van der Waals surface area contributed by atoms with E-state index in [4.69, 9.17) is 4.74 Å². The van der Waals surface area contributed by atoms with Crippen LogP contribution < -0.4 is 5.32 Å². The number of hydrogen-bond donors (Lipinski definition) is 1. The Balaban J connectivity index is 2.23. The maximum Gasteiger partial charge on any atom is 0.295 e. The summed E-state index contributed by atoms with van der Waals surface area (Å²) < 4.78 is 32.3. The Bertz CT molecular complexity index is 502. The summed E-state index contributed by atoms with van der Waals surface area (Å²) in [5, 5.41) is 13.4. The quantitative estimate of drug-likeness (QED) is 0.676. The van der Waals surface area contributed by atoms with Gasteiger partial charge in [-0.15, -0.1) is 0 Å². The molecule has 1 fully saturated rings. The molecule has 1 atom stereocenters. The molecule has 19 heavy (non-hydrogen) atoms. The third-order valence-electron chi connectivity index (χ3n) is 3.21. The summed E-state index contributed by atoms with van der Waals surface area (Å²) in [6.45, 7) is 2.62. The molecule has 1 N–H and O–H groups in total. The molecule has 0 aliphatic carbocycles. The van der Waals surface area contributed by atoms with Gasteiger partial charge in [-0.05, 0) is 25.8 Å². The number of anilines is 1. The second kappa shape index (κ2) is 5.08. The van der Waals surface area contributed by atoms with Crippen LogP contribution in [-0.2, 0) is 4.74 Å². The van der Waals surface area contributed by atoms with Crippen LogP contribution in [-0.4, -0.2) is 23.7 Å². The number of nitrogens with one attached hydrogen (secondary N) is 1. The molecule has 2 rings (SSSR count). The van der Waals surface area contributed by atoms with Crippen LogP contribution >= 0.6 is 0 Å². The van der Waals surface area contributed by atoms with E-state index in [-0.39, 0.29) is 6.54 Å². The number of nitro groups is 1. The van der Waals surface area contributed by atoms with Crippen LogP contribution in [0.1, 0.15) is 19.8 Å². The standard InChI is InChI=1S/C12H14F2N2O3/c1-12(5-2-6-19-12)7-15-11-9(16(17)18)4-3-8(13)10(11)14/h3-4,15H,2,5-7H2,1H3. The molecule has 1 aliphatic rings. The van der Waals surface area contributed by atoms with Crippen molar-refractivity contribution in [2.45, 2.75) is 25.4 Å². The molecule has 1 unspecified atom stereocenters. The zero-order chi connectivity index (χ0) is 14.0. The summed E-state index contributed by atoms with van der Waals surface area (Å²) in [7, 11) is 0. The molecule has 1 aromatic rings. The minimum Gasteiger partial charge on any atom is -0.374 e. The SMILES string of the molecule is CC1(CNc2c([N+](=O)[O-])ccc(F)c2F)CCCO1. The number of benzene rings is 1. The lowest BCUT2D eigenvalue weighted by Crippen LogP contribution is -2.33. The summed E-state index contributed by atoms with van der Waals surface area (Å²) in [5.74, 6) is -2.36. The Labute approximate surface area is 108 Å². The maximum atomic E-state index is 13.6. The topological polar surface area (TPSA) is 64.4 Å². The fourth-order valence-corrected chi connectivity index (χ4v) is 2.11. The largest absolute Gasteiger partial charge is 0.374 e. The second-order valence-electron chi connectivity index (χ2n) is 4.77. The van der Waals surface area contributed by atoms with Crippen molar-refractivity contribution in [3.05, 3.63) is 33.9 Å². The summed E-state index contributed by atoms with van der Waals surface area (Å²) in [6, 6.07) is 1.69. The van der Waals surface area contributed by atoms with Crippen LogP contribution in [0.15, 0.2) is 12.1 Å². The molecule has 7 heteroatoms. The van der Waals surface area contributed by atoms with E-state index in [9.17, 15) is 18.9 Å². The van der Waals surface area contributed by atoms with Crippen molar-refractivity contribution in [2.75, 3.05) is 18.5 Å². The zero-order valence-corrected chi connectivity index (χ0v) is 10.4. The van der Waals surface area contributed by atoms with Crippen molar-refractivity contribution in [3.63, 3.8) is 0 Å². The highest BCUT2D eigenvalue weighted by Crippen LogP contribution is 2.31. The van der Waals surface area contributed by atoms with E-state index in [0.717, 1.165) is 25.0 Å². The van der Waals surface area contributed by atoms with Crippen molar-refractivity contribution < 1.29 is 18.4 Å². The predicted molar refractivity (Wildman–Crippen MR) is 65.1 cm³/mol. The molecule has 1 aromatic carbocycles. The average molecular weight is 272 g/mol. The summed E-state index contributed by atoms with van der Waals surface area (Å²) in [5.41, 5.74) is -1.42. The van der Waals surface area contributed by atoms with Gasteiger partial charge in [0.2, 0.25) is 0 Å². The highest BCUT2D eigenvalue weighted by molar-refractivity contribution is 5.62. The van der Waals surface area contributed by atoms with Gasteiger partial charge in [-0.1, -0.05) is 0 Å². The molecule has 0 spiro atoms. The van der Waals surface area contributed by atoms with E-state index in [1.54, 1.807) is 0 Å². The van der Waals surface area contributed by atoms with Crippen molar-refractivity contribution in [3.8, 4) is 0 Å². The summed E-state index contributed by atoms with van der Waals surface area (Å²) >= 11 is 0. The molecule has 5 nitrogen and oxygen atoms in total. The van der Waals surface area contributed by atoms with Crippen LogP contribution in [0.5, 0.6) is 0 Å². The van der Waals surface area contributed by atoms with Gasteiger partial charge in [0.15, 0.2) is 17.3 Å². The fraction of sp³-hybridized carbons (Fsp3) is 0.500. The monoisotopic (exact) mass is 272 g/mol. The molecule has 0 amide bonds. The van der Waals surface area contributed by atoms with Gasteiger partial charge in [0, 0.05) is 19.2 Å². The molecule has 0 bridgehead atoms. The first-order chi connectivity index (χ1) is 8.93. The third kappa shape index (κ3) is 2.81. The highest BCUT2D eigenvalue weighted by Gasteiger charge is 2.31. The van der Waals surface area contributed by atoms with Gasteiger partial charge in [-0.25, -0.2) is 8.78 Å². The predicted octanol–water partition coefficient (Wildman–Crippen LogP) is 2.85. The van der Waals surface area contributed by atoms with Crippen molar-refractivity contribution in [2.24, 2.45) is 0 Å². The Morgan fingerprint density at radius 2 is 2.26 bits per heavy atom. The first-order valence-corrected chi connectivity index (χ1v) is 5.93. The van der Waals surface area contributed by atoms with E-state index < -0.39 is 33.5 Å². The molecule has 0 saturated carbocycles. The van der Waals surface area contributed by atoms with Gasteiger partial charge < -0.3 is 10.1 Å². The van der Waals surface area contributed by atoms with Gasteiger partial charge >= 0.3 is 0 Å². The Hall–Kier alpha value is -1.76. The van der Waals surface area contributed by atoms with Crippen LogP contribution in [0.25, 0.3) is 0 Å². The number of nitrogens with zero attached hydrogens (tertiary/aromatic N) is 1. The van der Waals surface area contributed by atoms with E-state index in [1.165, 1.54) is 0 Å². The lowest BCUT2D eigenvalue weighted by molar-refractivity contribution is -0.384. The van der Waals surface area contributed by atoms with E-state index in [2.05, 4.69) is 5.32 Å². The number of hydrogen-bond acceptors (Lipinski definition) is 4. The van der Waals surface area contributed by atoms with Crippen LogP contribution in [0.2, 0.25) is 0 Å². The molecule has 104 valence electrons. The Morgan fingerprint density at radius 3 is 2.84 bits per heavy atom. The number of ether oxygens (including phenoxy) is 1. The van der Waals surface area contributed by atoms with Gasteiger partial charge in [-0.2, -0.15) is 0 Å². The van der Waals surface area contributed by atoms with E-state index in [1.807, 2.05) is 6.92 Å². The van der Waals surface area contributed by atoms with Gasteiger partial charge in [0.1, 0.15) is 0 Å². The summed E-state index contributed by atoms with van der Waals surface area (Å²) in [4.78, 5) is 10.1. The Kier molecular flexibility index (Phi) is 3.66. The molecule has 1 saturated heterocycles. The highest BCUT2D eigenvalue weighted by atomic mass is 19.2. The van der Waals surface area contributed by atoms with Gasteiger partial charge in [-0.3, -0.25) is 10.1 Å². The fourth-order valence-electron chi connectivity index (χ4n) is 2.11. The summed E-state index contributed by atoms with van der Waals surface area (Å²) in [6.07, 6.45) is 1.65. The van der Waals surface area contributed by atoms with Crippen molar-refractivity contribution in [1.82, 2.24) is 0 Å². The van der Waals surface area contributed by atoms with Gasteiger partial charge in [0.25, 0.3) is 5.69 Å². The number of nitro benzene ring substituents is 1. The van der Waals surface area contributed by atoms with Crippen LogP contribution in [0.3, 0.4) is 0 Å². The smallest absolute Gasteiger partial charge is 0.295 e. The maximum absolute atomic E-state index is 13.6. The number of rotatable bonds is 4. The van der Waals surface area contributed by atoms with Crippen molar-refractivity contribution in [1.29, 1.82) is 0 Å². The first kappa shape index (κ1) is 13.7. The first-order valence-electron chi connectivity index (χ1n) is 5.93. The molecule has 1 aliphatic heterocycles.